The highest BCUT2D eigenvalue weighted by molar-refractivity contribution is 6.34. The number of unbranched alkanes of at least 4 members (excludes halogenated alkanes) is 2. The van der Waals surface area contributed by atoms with Crippen LogP contribution in [0.3, 0.4) is 0 Å². The first-order chi connectivity index (χ1) is 8.74. The summed E-state index contributed by atoms with van der Waals surface area (Å²) < 4.78 is 17.7. The molecule has 0 unspecified atom stereocenters. The average molecular weight is 274 g/mol. The Hall–Kier alpha value is -0.163. The third-order valence-electron chi connectivity index (χ3n) is 2.62. The Morgan fingerprint density at radius 3 is 1.94 bits per heavy atom. The maximum absolute atomic E-state index is 5.90. The highest BCUT2D eigenvalue weighted by Gasteiger charge is 2.31. The first-order valence-corrected chi connectivity index (χ1v) is 8.66. The van der Waals surface area contributed by atoms with Crippen molar-refractivity contribution in [3.05, 3.63) is 12.3 Å². The van der Waals surface area contributed by atoms with Crippen LogP contribution >= 0.6 is 0 Å². The molecule has 0 amide bonds. The van der Waals surface area contributed by atoms with Crippen molar-refractivity contribution in [2.45, 2.75) is 65.3 Å². The van der Waals surface area contributed by atoms with Gasteiger partial charge in [0.05, 0.1) is 13.2 Å². The van der Waals surface area contributed by atoms with Crippen molar-refractivity contribution in [2.75, 3.05) is 13.2 Å². The van der Waals surface area contributed by atoms with Crippen LogP contribution in [-0.4, -0.2) is 29.0 Å². The average Bonchev–Trinajstić information content (AvgIpc) is 2.37. The van der Waals surface area contributed by atoms with Gasteiger partial charge in [0.2, 0.25) is 0 Å². The largest absolute Gasteiger partial charge is 0.371 e. The molecule has 0 aliphatic carbocycles. The fraction of sp³-hybridized carbons (Fsp3) is 0.857. The molecule has 0 saturated heterocycles. The lowest BCUT2D eigenvalue weighted by molar-refractivity contribution is -0.348. The van der Waals surface area contributed by atoms with Crippen LogP contribution in [0.1, 0.15) is 59.3 Å². The fourth-order valence-electron chi connectivity index (χ4n) is 1.58. The van der Waals surface area contributed by atoms with E-state index in [1.807, 2.05) is 5.70 Å². The summed E-state index contributed by atoms with van der Waals surface area (Å²) in [5, 5.41) is 0. The van der Waals surface area contributed by atoms with Crippen molar-refractivity contribution in [1.29, 1.82) is 0 Å². The van der Waals surface area contributed by atoms with Gasteiger partial charge in [0.15, 0.2) is 9.76 Å². The van der Waals surface area contributed by atoms with Gasteiger partial charge in [-0.3, -0.25) is 0 Å². The first kappa shape index (κ1) is 17.8. The van der Waals surface area contributed by atoms with E-state index >= 15 is 0 Å². The molecule has 108 valence electrons. The normalized spacial score (nSPS) is 12.4. The summed E-state index contributed by atoms with van der Waals surface area (Å²) in [6.07, 6.45) is 6.11. The van der Waals surface area contributed by atoms with E-state index in [-0.39, 0.29) is 0 Å². The van der Waals surface area contributed by atoms with Crippen LogP contribution < -0.4 is 0 Å². The van der Waals surface area contributed by atoms with Crippen LogP contribution in [0.4, 0.5) is 0 Å². The van der Waals surface area contributed by atoms with Gasteiger partial charge in [-0.2, -0.15) is 0 Å². The standard InChI is InChI=1S/C14H30O3Si/c1-5-9-12-15-14(11-7-3,17-18-8-4)16-13-10-6-2/h8H,4-7,9-13,18H2,1-3H3. The zero-order valence-corrected chi connectivity index (χ0v) is 13.8. The Balaban J connectivity index is 4.38. The lowest BCUT2D eigenvalue weighted by atomic mass is 10.3. The molecular weight excluding hydrogens is 244 g/mol. The lowest BCUT2D eigenvalue weighted by Gasteiger charge is -2.33. The number of rotatable bonds is 13. The third kappa shape index (κ3) is 8.03. The molecule has 0 aromatic carbocycles. The monoisotopic (exact) mass is 274 g/mol. The third-order valence-corrected chi connectivity index (χ3v) is 3.46. The van der Waals surface area contributed by atoms with Crippen LogP contribution in [0.2, 0.25) is 0 Å². The van der Waals surface area contributed by atoms with Gasteiger partial charge in [0.1, 0.15) is 0 Å². The van der Waals surface area contributed by atoms with Crippen molar-refractivity contribution in [1.82, 2.24) is 0 Å². The number of hydrogen-bond acceptors (Lipinski definition) is 3. The van der Waals surface area contributed by atoms with Gasteiger partial charge in [-0.15, -0.1) is 6.58 Å². The molecule has 0 aromatic heterocycles. The molecule has 0 bridgehead atoms. The van der Waals surface area contributed by atoms with E-state index in [1.54, 1.807) is 0 Å². The molecule has 4 heteroatoms. The number of hydrogen-bond donors (Lipinski definition) is 0. The molecule has 0 radical (unpaired) electrons. The highest BCUT2D eigenvalue weighted by atomic mass is 28.2. The predicted molar refractivity (Wildman–Crippen MR) is 79.2 cm³/mol. The molecule has 0 rings (SSSR count). The Morgan fingerprint density at radius 2 is 1.56 bits per heavy atom. The molecule has 0 fully saturated rings. The van der Waals surface area contributed by atoms with Crippen molar-refractivity contribution in [2.24, 2.45) is 0 Å². The fourth-order valence-corrected chi connectivity index (χ4v) is 2.26. The maximum Gasteiger partial charge on any atom is 0.273 e. The zero-order valence-electron chi connectivity index (χ0n) is 12.4. The molecule has 0 N–H and O–H groups in total. The van der Waals surface area contributed by atoms with E-state index in [0.717, 1.165) is 38.5 Å². The minimum absolute atomic E-state index is 0.703. The molecule has 0 saturated carbocycles. The SMILES string of the molecule is C=C[SiH2]OC(CCC)(OCCCC)OCCCC. The summed E-state index contributed by atoms with van der Waals surface area (Å²) in [7, 11) is -0.757. The molecule has 0 aromatic rings. The lowest BCUT2D eigenvalue weighted by Crippen LogP contribution is -2.40. The van der Waals surface area contributed by atoms with E-state index in [1.165, 1.54) is 0 Å². The molecule has 18 heavy (non-hydrogen) atoms. The van der Waals surface area contributed by atoms with Crippen LogP contribution in [0.5, 0.6) is 0 Å². The molecule has 0 aliphatic rings. The topological polar surface area (TPSA) is 27.7 Å². The molecule has 0 atom stereocenters. The summed E-state index contributed by atoms with van der Waals surface area (Å²) in [4.78, 5) is 0. The smallest absolute Gasteiger partial charge is 0.273 e. The summed E-state index contributed by atoms with van der Waals surface area (Å²) in [5.74, 6) is -0.806. The zero-order chi connectivity index (χ0) is 13.7. The van der Waals surface area contributed by atoms with Gasteiger partial charge in [-0.25, -0.2) is 0 Å². The second kappa shape index (κ2) is 11.9. The first-order valence-electron chi connectivity index (χ1n) is 7.27. The van der Waals surface area contributed by atoms with E-state index in [4.69, 9.17) is 13.9 Å². The van der Waals surface area contributed by atoms with Crippen LogP contribution in [0.25, 0.3) is 0 Å². The van der Waals surface area contributed by atoms with Crippen molar-refractivity contribution >= 4 is 9.76 Å². The van der Waals surface area contributed by atoms with Gasteiger partial charge >= 0.3 is 0 Å². The van der Waals surface area contributed by atoms with E-state index in [2.05, 4.69) is 27.4 Å². The second-order valence-electron chi connectivity index (χ2n) is 4.44. The predicted octanol–water partition coefficient (Wildman–Crippen LogP) is 3.32. The van der Waals surface area contributed by atoms with Gasteiger partial charge < -0.3 is 13.9 Å². The van der Waals surface area contributed by atoms with E-state index in [9.17, 15) is 0 Å². The quantitative estimate of drug-likeness (QED) is 0.293. The molecule has 0 heterocycles. The maximum atomic E-state index is 5.90. The van der Waals surface area contributed by atoms with Gasteiger partial charge in [0, 0.05) is 6.42 Å². The molecule has 0 aliphatic heterocycles. The van der Waals surface area contributed by atoms with Gasteiger partial charge in [0.25, 0.3) is 5.97 Å². The Labute approximate surface area is 115 Å². The van der Waals surface area contributed by atoms with E-state index in [0.29, 0.717) is 13.2 Å². The van der Waals surface area contributed by atoms with Crippen molar-refractivity contribution in [3.8, 4) is 0 Å². The molecule has 3 nitrogen and oxygen atoms in total. The number of ether oxygens (including phenoxy) is 2. The summed E-state index contributed by atoms with van der Waals surface area (Å²) in [5.41, 5.74) is 1.87. The minimum Gasteiger partial charge on any atom is -0.371 e. The Bertz CT molecular complexity index is 187. The summed E-state index contributed by atoms with van der Waals surface area (Å²) in [6, 6.07) is 0. The van der Waals surface area contributed by atoms with Crippen LogP contribution in [0.15, 0.2) is 12.3 Å². The molecular formula is C14H30O3Si. The Kier molecular flexibility index (Phi) is 11.8. The van der Waals surface area contributed by atoms with Crippen LogP contribution in [-0.2, 0) is 13.9 Å². The second-order valence-corrected chi connectivity index (χ2v) is 5.64. The summed E-state index contributed by atoms with van der Waals surface area (Å²) in [6.45, 7) is 11.6. The van der Waals surface area contributed by atoms with Crippen LogP contribution in [0, 0.1) is 0 Å². The molecule has 0 spiro atoms. The summed E-state index contributed by atoms with van der Waals surface area (Å²) >= 11 is 0. The highest BCUT2D eigenvalue weighted by Crippen LogP contribution is 2.23. The Morgan fingerprint density at radius 1 is 1.00 bits per heavy atom. The van der Waals surface area contributed by atoms with Gasteiger partial charge in [-0.1, -0.05) is 39.3 Å². The minimum atomic E-state index is -0.806. The van der Waals surface area contributed by atoms with Crippen molar-refractivity contribution < 1.29 is 13.9 Å². The van der Waals surface area contributed by atoms with Crippen molar-refractivity contribution in [3.63, 3.8) is 0 Å². The van der Waals surface area contributed by atoms with Gasteiger partial charge in [-0.05, 0) is 19.3 Å². The van der Waals surface area contributed by atoms with E-state index < -0.39 is 15.7 Å².